The van der Waals surface area contributed by atoms with Gasteiger partial charge in [-0.2, -0.15) is 5.10 Å². The monoisotopic (exact) mass is 409 g/mol. The molecule has 2 aromatic heterocycles. The zero-order chi connectivity index (χ0) is 19.8. The molecule has 1 aromatic carbocycles. The Labute approximate surface area is 172 Å². The third kappa shape index (κ3) is 5.05. The molecule has 0 aliphatic carbocycles. The Hall–Kier alpha value is -2.97. The van der Waals surface area contributed by atoms with Crippen LogP contribution in [-0.2, 0) is 5.75 Å². The largest absolute Gasteiger partial charge is 0.358 e. The second kappa shape index (κ2) is 9.82. The van der Waals surface area contributed by atoms with Gasteiger partial charge in [0.2, 0.25) is 0 Å². The van der Waals surface area contributed by atoms with Gasteiger partial charge in [-0.05, 0) is 29.9 Å². The third-order valence-corrected chi connectivity index (χ3v) is 5.02. The van der Waals surface area contributed by atoms with E-state index in [1.165, 1.54) is 22.4 Å². The maximum atomic E-state index is 12.9. The topological polar surface area (TPSA) is 70.8 Å². The first-order valence-electron chi connectivity index (χ1n) is 8.55. The highest BCUT2D eigenvalue weighted by molar-refractivity contribution is 7.98. The van der Waals surface area contributed by atoms with Crippen molar-refractivity contribution < 1.29 is 0 Å². The summed E-state index contributed by atoms with van der Waals surface area (Å²) in [6, 6.07) is 15.5. The lowest BCUT2D eigenvalue weighted by atomic mass is 10.2. The van der Waals surface area contributed by atoms with Crippen molar-refractivity contribution in [1.29, 1.82) is 0 Å². The Morgan fingerprint density at radius 3 is 2.82 bits per heavy atom. The minimum atomic E-state index is -0.184. The summed E-state index contributed by atoms with van der Waals surface area (Å²) in [5.74, 6) is 0.698. The minimum Gasteiger partial charge on any atom is -0.358 e. The van der Waals surface area contributed by atoms with Crippen LogP contribution < -0.4 is 16.3 Å². The van der Waals surface area contributed by atoms with Gasteiger partial charge in [-0.3, -0.25) is 14.6 Å². The van der Waals surface area contributed by atoms with Crippen LogP contribution in [0.3, 0.4) is 0 Å². The van der Waals surface area contributed by atoms with Crippen molar-refractivity contribution in [3.05, 3.63) is 88.9 Å². The van der Waals surface area contributed by atoms with E-state index in [-0.39, 0.29) is 5.56 Å². The highest BCUT2D eigenvalue weighted by Gasteiger charge is 2.12. The van der Waals surface area contributed by atoms with Gasteiger partial charge in [0.25, 0.3) is 5.56 Å². The Morgan fingerprint density at radius 1 is 1.25 bits per heavy atom. The Bertz CT molecular complexity index is 1060. The molecule has 0 aliphatic heterocycles. The zero-order valence-electron chi connectivity index (χ0n) is 15.0. The summed E-state index contributed by atoms with van der Waals surface area (Å²) in [4.78, 5) is 17.6. The van der Waals surface area contributed by atoms with Crippen molar-refractivity contribution in [1.82, 2.24) is 20.1 Å². The fraction of sp³-hybridized carbons (Fsp3) is 0.100. The van der Waals surface area contributed by atoms with Gasteiger partial charge in [-0.25, -0.2) is 4.98 Å². The summed E-state index contributed by atoms with van der Waals surface area (Å²) in [5.41, 5.74) is 4.67. The van der Waals surface area contributed by atoms with Gasteiger partial charge in [0, 0.05) is 18.5 Å². The molecule has 0 aliphatic rings. The molecular weight excluding hydrogens is 390 g/mol. The predicted molar refractivity (Wildman–Crippen MR) is 119 cm³/mol. The second-order valence-corrected chi connectivity index (χ2v) is 7.08. The van der Waals surface area contributed by atoms with E-state index in [9.17, 15) is 4.79 Å². The third-order valence-electron chi connectivity index (χ3n) is 3.72. The predicted octanol–water partition coefficient (Wildman–Crippen LogP) is 2.97. The number of fused-ring (bicyclic) bond motifs is 1. The lowest BCUT2D eigenvalue weighted by Gasteiger charge is -2.08. The highest BCUT2D eigenvalue weighted by Crippen LogP contribution is 2.22. The number of hydrogen-bond acceptors (Lipinski definition) is 5. The lowest BCUT2D eigenvalue weighted by molar-refractivity contribution is 0.935. The fourth-order valence-electron chi connectivity index (χ4n) is 2.39. The molecule has 0 unspecified atom stereocenters. The quantitative estimate of drug-likeness (QED) is 0.156. The molecule has 28 heavy (non-hydrogen) atoms. The van der Waals surface area contributed by atoms with Gasteiger partial charge in [0.1, 0.15) is 10.7 Å². The summed E-state index contributed by atoms with van der Waals surface area (Å²) in [6.45, 7) is 4.14. The van der Waals surface area contributed by atoms with Gasteiger partial charge < -0.3 is 5.32 Å². The standard InChI is InChI=1S/C20H19N5OS2/c1-2-11-21-20(27)24-22-13-16-18(28-14-15-8-4-3-5-9-15)23-17-10-6-7-12-25(17)19(16)26/h2-10,12-13H,1,11,14H2,(H2,21,24,27). The molecule has 2 heterocycles. The number of hydrogen-bond donors (Lipinski definition) is 2. The smallest absolute Gasteiger partial charge is 0.267 e. The van der Waals surface area contributed by atoms with E-state index in [0.29, 0.717) is 33.6 Å². The molecule has 142 valence electrons. The molecule has 0 spiro atoms. The van der Waals surface area contributed by atoms with Crippen molar-refractivity contribution in [3.63, 3.8) is 0 Å². The number of benzene rings is 1. The molecule has 2 N–H and O–H groups in total. The molecule has 6 nitrogen and oxygen atoms in total. The summed E-state index contributed by atoms with van der Waals surface area (Å²) in [7, 11) is 0. The van der Waals surface area contributed by atoms with E-state index in [2.05, 4.69) is 27.4 Å². The molecule has 0 fully saturated rings. The van der Waals surface area contributed by atoms with Crippen molar-refractivity contribution in [3.8, 4) is 0 Å². The molecule has 3 rings (SSSR count). The van der Waals surface area contributed by atoms with E-state index in [1.54, 1.807) is 18.3 Å². The number of nitrogens with one attached hydrogen (secondary N) is 2. The molecule has 3 aromatic rings. The Morgan fingerprint density at radius 2 is 2.04 bits per heavy atom. The van der Waals surface area contributed by atoms with Crippen LogP contribution in [0.15, 0.2) is 82.3 Å². The zero-order valence-corrected chi connectivity index (χ0v) is 16.7. The maximum absolute atomic E-state index is 12.9. The summed E-state index contributed by atoms with van der Waals surface area (Å²) < 4.78 is 1.50. The van der Waals surface area contributed by atoms with Gasteiger partial charge >= 0.3 is 0 Å². The first-order valence-corrected chi connectivity index (χ1v) is 9.94. The summed E-state index contributed by atoms with van der Waals surface area (Å²) in [6.07, 6.45) is 4.84. The van der Waals surface area contributed by atoms with Crippen LogP contribution in [0.25, 0.3) is 5.65 Å². The second-order valence-electron chi connectivity index (χ2n) is 5.71. The van der Waals surface area contributed by atoms with Gasteiger partial charge in [-0.15, -0.1) is 18.3 Å². The van der Waals surface area contributed by atoms with Gasteiger partial charge in [0.15, 0.2) is 5.11 Å². The maximum Gasteiger partial charge on any atom is 0.267 e. The molecule has 0 saturated heterocycles. The molecule has 0 amide bonds. The number of hydrazone groups is 1. The summed E-state index contributed by atoms with van der Waals surface area (Å²) in [5, 5.41) is 7.98. The molecule has 0 radical (unpaired) electrons. The number of rotatable bonds is 7. The van der Waals surface area contributed by atoms with E-state index >= 15 is 0 Å². The number of pyridine rings is 1. The van der Waals surface area contributed by atoms with Crippen LogP contribution >= 0.6 is 24.0 Å². The normalized spacial score (nSPS) is 10.9. The van der Waals surface area contributed by atoms with E-state index in [0.717, 1.165) is 5.56 Å². The van der Waals surface area contributed by atoms with Crippen molar-refractivity contribution in [2.75, 3.05) is 6.54 Å². The van der Waals surface area contributed by atoms with Crippen LogP contribution in [0.4, 0.5) is 0 Å². The van der Waals surface area contributed by atoms with Gasteiger partial charge in [0.05, 0.1) is 11.8 Å². The number of nitrogens with zero attached hydrogens (tertiary/aromatic N) is 3. The Balaban J connectivity index is 1.89. The Kier molecular flexibility index (Phi) is 6.94. The van der Waals surface area contributed by atoms with Crippen LogP contribution in [0.2, 0.25) is 0 Å². The molecule has 0 bridgehead atoms. The van der Waals surface area contributed by atoms with E-state index in [1.807, 2.05) is 42.5 Å². The highest BCUT2D eigenvalue weighted by atomic mass is 32.2. The first kappa shape index (κ1) is 19.8. The number of aromatic nitrogens is 2. The van der Waals surface area contributed by atoms with Crippen molar-refractivity contribution >= 4 is 41.0 Å². The van der Waals surface area contributed by atoms with Crippen molar-refractivity contribution in [2.45, 2.75) is 10.8 Å². The lowest BCUT2D eigenvalue weighted by Crippen LogP contribution is -2.32. The minimum absolute atomic E-state index is 0.184. The molecule has 8 heteroatoms. The average molecular weight is 410 g/mol. The van der Waals surface area contributed by atoms with Crippen LogP contribution in [0, 0.1) is 0 Å². The van der Waals surface area contributed by atoms with E-state index < -0.39 is 0 Å². The fourth-order valence-corrected chi connectivity index (χ4v) is 3.47. The van der Waals surface area contributed by atoms with Gasteiger partial charge in [-0.1, -0.05) is 42.5 Å². The van der Waals surface area contributed by atoms with E-state index in [4.69, 9.17) is 12.2 Å². The van der Waals surface area contributed by atoms with Crippen LogP contribution in [-0.4, -0.2) is 27.3 Å². The SMILES string of the molecule is C=CCNC(=S)NN=Cc1c(SCc2ccccc2)nc2ccccn2c1=O. The summed E-state index contributed by atoms with van der Waals surface area (Å²) >= 11 is 6.60. The molecule has 0 saturated carbocycles. The number of thiocarbonyl (C=S) groups is 1. The number of thioether (sulfide) groups is 1. The molecule has 0 atom stereocenters. The molecular formula is C20H19N5OS2. The van der Waals surface area contributed by atoms with Crippen LogP contribution in [0.5, 0.6) is 0 Å². The first-order chi connectivity index (χ1) is 13.7. The average Bonchev–Trinajstić information content (AvgIpc) is 2.73. The van der Waals surface area contributed by atoms with Crippen LogP contribution in [0.1, 0.15) is 11.1 Å². The van der Waals surface area contributed by atoms with Crippen molar-refractivity contribution in [2.24, 2.45) is 5.10 Å².